The van der Waals surface area contributed by atoms with E-state index >= 15 is 0 Å². The van der Waals surface area contributed by atoms with Gasteiger partial charge in [-0.25, -0.2) is 4.98 Å². The van der Waals surface area contributed by atoms with Crippen molar-refractivity contribution in [2.45, 2.75) is 0 Å². The predicted molar refractivity (Wildman–Crippen MR) is 93.0 cm³/mol. The zero-order valence-corrected chi connectivity index (χ0v) is 13.4. The number of imidazole rings is 1. The van der Waals surface area contributed by atoms with E-state index in [1.54, 1.807) is 18.2 Å². The van der Waals surface area contributed by atoms with Crippen LogP contribution in [-0.2, 0) is 11.8 Å². The van der Waals surface area contributed by atoms with E-state index in [0.29, 0.717) is 17.3 Å². The molecule has 0 aliphatic heterocycles. The quantitative estimate of drug-likeness (QED) is 0.724. The Morgan fingerprint density at radius 2 is 2.08 bits per heavy atom. The van der Waals surface area contributed by atoms with E-state index in [-0.39, 0.29) is 11.7 Å². The number of nitrogens with zero attached hydrogens (tertiary/aromatic N) is 2. The molecule has 122 valence electrons. The maximum atomic E-state index is 12.1. The number of aromatic nitrogens is 2. The highest BCUT2D eigenvalue weighted by molar-refractivity contribution is 6.01. The van der Waals surface area contributed by atoms with E-state index in [2.05, 4.69) is 10.3 Å². The number of para-hydroxylation sites is 2. The van der Waals surface area contributed by atoms with E-state index in [9.17, 15) is 9.90 Å². The van der Waals surface area contributed by atoms with Crippen LogP contribution in [0, 0.1) is 0 Å². The highest BCUT2D eigenvalue weighted by atomic mass is 16.5. The van der Waals surface area contributed by atoms with Crippen molar-refractivity contribution in [1.29, 1.82) is 0 Å². The molecule has 0 aliphatic carbocycles. The largest absolute Gasteiger partial charge is 0.504 e. The van der Waals surface area contributed by atoms with Crippen molar-refractivity contribution in [3.8, 4) is 11.5 Å². The van der Waals surface area contributed by atoms with Gasteiger partial charge in [-0.3, -0.25) is 10.1 Å². The van der Waals surface area contributed by atoms with Crippen molar-refractivity contribution < 1.29 is 14.6 Å². The summed E-state index contributed by atoms with van der Waals surface area (Å²) in [5.41, 5.74) is 2.45. The van der Waals surface area contributed by atoms with Gasteiger partial charge >= 0.3 is 0 Å². The smallest absolute Gasteiger partial charge is 0.250 e. The van der Waals surface area contributed by atoms with Crippen molar-refractivity contribution in [3.63, 3.8) is 0 Å². The lowest BCUT2D eigenvalue weighted by atomic mass is 10.2. The lowest BCUT2D eigenvalue weighted by molar-refractivity contribution is -0.111. The van der Waals surface area contributed by atoms with Gasteiger partial charge in [0.05, 0.1) is 18.1 Å². The molecule has 2 N–H and O–H groups in total. The van der Waals surface area contributed by atoms with Gasteiger partial charge in [-0.15, -0.1) is 0 Å². The molecule has 0 fully saturated rings. The second-order valence-corrected chi connectivity index (χ2v) is 5.24. The molecule has 1 amide bonds. The maximum absolute atomic E-state index is 12.1. The standard InChI is InChI=1S/C18H17N3O3/c1-21-14-6-4-3-5-13(14)19-18(21)20-17(23)10-8-12-7-9-16(24-2)15(22)11-12/h3-11,22H,1-2H3,(H,19,20,23). The van der Waals surface area contributed by atoms with Crippen molar-refractivity contribution in [2.24, 2.45) is 7.05 Å². The Hall–Kier alpha value is -3.28. The molecular formula is C18H17N3O3. The van der Waals surface area contributed by atoms with Gasteiger partial charge in [0, 0.05) is 13.1 Å². The number of rotatable bonds is 4. The number of aryl methyl sites for hydroxylation is 1. The first-order valence-electron chi connectivity index (χ1n) is 7.36. The molecular weight excluding hydrogens is 306 g/mol. The Labute approximate surface area is 139 Å². The highest BCUT2D eigenvalue weighted by Gasteiger charge is 2.08. The maximum Gasteiger partial charge on any atom is 0.250 e. The van der Waals surface area contributed by atoms with Crippen molar-refractivity contribution >= 4 is 29.0 Å². The fourth-order valence-corrected chi connectivity index (χ4v) is 2.39. The highest BCUT2D eigenvalue weighted by Crippen LogP contribution is 2.26. The van der Waals surface area contributed by atoms with E-state index in [1.165, 1.54) is 19.3 Å². The number of phenolic OH excluding ortho intramolecular Hbond substituents is 1. The van der Waals surface area contributed by atoms with Gasteiger partial charge in [-0.05, 0) is 35.9 Å². The van der Waals surface area contributed by atoms with Gasteiger partial charge in [0.1, 0.15) is 0 Å². The summed E-state index contributed by atoms with van der Waals surface area (Å²) in [5.74, 6) is 0.582. The number of anilines is 1. The molecule has 1 heterocycles. The van der Waals surface area contributed by atoms with Crippen LogP contribution in [-0.4, -0.2) is 27.7 Å². The molecule has 0 aliphatic rings. The number of aromatic hydroxyl groups is 1. The summed E-state index contributed by atoms with van der Waals surface area (Å²) < 4.78 is 6.80. The third-order valence-corrected chi connectivity index (χ3v) is 3.65. The van der Waals surface area contributed by atoms with Gasteiger partial charge in [-0.2, -0.15) is 0 Å². The lowest BCUT2D eigenvalue weighted by Crippen LogP contribution is -2.11. The Balaban J connectivity index is 1.75. The van der Waals surface area contributed by atoms with Crippen LogP contribution < -0.4 is 10.1 Å². The number of hydrogen-bond acceptors (Lipinski definition) is 4. The van der Waals surface area contributed by atoms with Crippen LogP contribution in [0.5, 0.6) is 11.5 Å². The predicted octanol–water partition coefficient (Wildman–Crippen LogP) is 2.94. The van der Waals surface area contributed by atoms with E-state index in [1.807, 2.05) is 35.9 Å². The second kappa shape index (κ2) is 6.45. The fraction of sp³-hybridized carbons (Fsp3) is 0.111. The van der Waals surface area contributed by atoms with Crippen LogP contribution in [0.15, 0.2) is 48.5 Å². The Morgan fingerprint density at radius 3 is 2.79 bits per heavy atom. The molecule has 6 heteroatoms. The Kier molecular flexibility index (Phi) is 4.20. The lowest BCUT2D eigenvalue weighted by Gasteiger charge is -2.04. The molecule has 6 nitrogen and oxygen atoms in total. The summed E-state index contributed by atoms with van der Waals surface area (Å²) in [6.45, 7) is 0. The molecule has 0 saturated heterocycles. The van der Waals surface area contributed by atoms with Gasteiger partial charge in [-0.1, -0.05) is 18.2 Å². The summed E-state index contributed by atoms with van der Waals surface area (Å²) >= 11 is 0. The number of phenols is 1. The number of carbonyl (C=O) groups excluding carboxylic acids is 1. The molecule has 0 radical (unpaired) electrons. The molecule has 0 unspecified atom stereocenters. The summed E-state index contributed by atoms with van der Waals surface area (Å²) in [5, 5.41) is 12.5. The summed E-state index contributed by atoms with van der Waals surface area (Å²) in [6, 6.07) is 12.6. The molecule has 3 aromatic rings. The molecule has 3 rings (SSSR count). The zero-order chi connectivity index (χ0) is 17.1. The molecule has 1 aromatic heterocycles. The number of ether oxygens (including phenoxy) is 1. The van der Waals surface area contributed by atoms with Gasteiger partial charge in [0.25, 0.3) is 5.91 Å². The topological polar surface area (TPSA) is 76.4 Å². The number of benzene rings is 2. The third kappa shape index (κ3) is 3.08. The third-order valence-electron chi connectivity index (χ3n) is 3.65. The average molecular weight is 323 g/mol. The van der Waals surface area contributed by atoms with E-state index in [0.717, 1.165) is 11.0 Å². The fourth-order valence-electron chi connectivity index (χ4n) is 2.39. The SMILES string of the molecule is COc1ccc(C=CC(=O)Nc2nc3ccccc3n2C)cc1O. The number of nitrogens with one attached hydrogen (secondary N) is 1. The van der Waals surface area contributed by atoms with Crippen molar-refractivity contribution in [1.82, 2.24) is 9.55 Å². The average Bonchev–Trinajstić information content (AvgIpc) is 2.89. The molecule has 0 atom stereocenters. The number of fused-ring (bicyclic) bond motifs is 1. The van der Waals surface area contributed by atoms with Gasteiger partial charge in [0.2, 0.25) is 5.95 Å². The van der Waals surface area contributed by atoms with Crippen LogP contribution >= 0.6 is 0 Å². The van der Waals surface area contributed by atoms with Crippen molar-refractivity contribution in [2.75, 3.05) is 12.4 Å². The van der Waals surface area contributed by atoms with Crippen LogP contribution in [0.1, 0.15) is 5.56 Å². The number of hydrogen-bond donors (Lipinski definition) is 2. The number of amides is 1. The van der Waals surface area contributed by atoms with Gasteiger partial charge in [0.15, 0.2) is 11.5 Å². The minimum absolute atomic E-state index is 0.0235. The monoisotopic (exact) mass is 323 g/mol. The number of carbonyl (C=O) groups is 1. The van der Waals surface area contributed by atoms with Crippen LogP contribution in [0.2, 0.25) is 0 Å². The Bertz CT molecular complexity index is 928. The summed E-state index contributed by atoms with van der Waals surface area (Å²) in [7, 11) is 3.32. The molecule has 24 heavy (non-hydrogen) atoms. The minimum Gasteiger partial charge on any atom is -0.504 e. The number of methoxy groups -OCH3 is 1. The molecule has 0 saturated carbocycles. The first kappa shape index (κ1) is 15.6. The summed E-state index contributed by atoms with van der Waals surface area (Å²) in [6.07, 6.45) is 3.00. The zero-order valence-electron chi connectivity index (χ0n) is 13.4. The van der Waals surface area contributed by atoms with Crippen LogP contribution in [0.25, 0.3) is 17.1 Å². The van der Waals surface area contributed by atoms with E-state index in [4.69, 9.17) is 4.74 Å². The minimum atomic E-state index is -0.302. The van der Waals surface area contributed by atoms with Crippen LogP contribution in [0.3, 0.4) is 0 Å². The molecule has 0 bridgehead atoms. The normalized spacial score (nSPS) is 11.1. The molecule has 0 spiro atoms. The Morgan fingerprint density at radius 1 is 1.29 bits per heavy atom. The van der Waals surface area contributed by atoms with E-state index < -0.39 is 0 Å². The molecule has 2 aromatic carbocycles. The van der Waals surface area contributed by atoms with Crippen LogP contribution in [0.4, 0.5) is 5.95 Å². The summed E-state index contributed by atoms with van der Waals surface area (Å²) in [4.78, 5) is 16.5. The van der Waals surface area contributed by atoms with Gasteiger partial charge < -0.3 is 14.4 Å². The first-order chi connectivity index (χ1) is 11.6. The first-order valence-corrected chi connectivity index (χ1v) is 7.36. The second-order valence-electron chi connectivity index (χ2n) is 5.24. The van der Waals surface area contributed by atoms with Crippen molar-refractivity contribution in [3.05, 3.63) is 54.1 Å².